The standard InChI is InChI=1S/C33H48N2O4/c1-19-8-12-33(34-15-10-25(37)38)14-13-32(7)27(26(33)20(19)2)22(36)16-24-30(5)17-21-18-35-39-28(21)29(3,4)23(30)9-11-31(24,32)6/h16,18-20,23,26-27,34H,8-15,17H2,1-7H3,(H,37,38)/t19-,20+,23+,26+,27-,30+,31-,32-,33+/m1/s1. The largest absolute Gasteiger partial charge is 0.481 e. The Hall–Kier alpha value is -1.95. The van der Waals surface area contributed by atoms with Crippen LogP contribution >= 0.6 is 0 Å². The molecule has 6 rings (SSSR count). The Morgan fingerprint density at radius 3 is 2.56 bits per heavy atom. The van der Waals surface area contributed by atoms with Gasteiger partial charge in [0.2, 0.25) is 0 Å². The molecule has 0 unspecified atom stereocenters. The molecule has 2 N–H and O–H groups in total. The molecule has 9 atom stereocenters. The molecule has 3 saturated carbocycles. The molecule has 0 bridgehead atoms. The Bertz CT molecular complexity index is 1230. The lowest BCUT2D eigenvalue weighted by molar-refractivity contribution is -0.166. The summed E-state index contributed by atoms with van der Waals surface area (Å²) < 4.78 is 5.81. The number of carboxylic acid groups (broad SMARTS) is 1. The molecule has 214 valence electrons. The van der Waals surface area contributed by atoms with E-state index in [1.807, 2.05) is 6.20 Å². The number of ketones is 1. The van der Waals surface area contributed by atoms with Crippen LogP contribution in [0.15, 0.2) is 22.4 Å². The lowest BCUT2D eigenvalue weighted by Gasteiger charge is -2.70. The Kier molecular flexibility index (Phi) is 5.96. The van der Waals surface area contributed by atoms with Crippen molar-refractivity contribution in [3.63, 3.8) is 0 Å². The van der Waals surface area contributed by atoms with Gasteiger partial charge in [0.05, 0.1) is 12.6 Å². The van der Waals surface area contributed by atoms with Gasteiger partial charge in [0.25, 0.3) is 0 Å². The van der Waals surface area contributed by atoms with Gasteiger partial charge in [-0.15, -0.1) is 0 Å². The molecule has 5 aliphatic rings. The third kappa shape index (κ3) is 3.45. The molecule has 0 aromatic carbocycles. The first-order chi connectivity index (χ1) is 18.2. The molecular formula is C33H48N2O4. The van der Waals surface area contributed by atoms with Crippen LogP contribution in [-0.4, -0.2) is 34.1 Å². The van der Waals surface area contributed by atoms with Crippen LogP contribution in [0.1, 0.15) is 105 Å². The Morgan fingerprint density at radius 2 is 1.85 bits per heavy atom. The van der Waals surface area contributed by atoms with Gasteiger partial charge in [0.1, 0.15) is 5.76 Å². The van der Waals surface area contributed by atoms with Gasteiger partial charge in [-0.3, -0.25) is 9.59 Å². The van der Waals surface area contributed by atoms with E-state index in [9.17, 15) is 14.7 Å². The predicted molar refractivity (Wildman–Crippen MR) is 150 cm³/mol. The van der Waals surface area contributed by atoms with E-state index < -0.39 is 5.97 Å². The molecule has 3 fully saturated rings. The highest BCUT2D eigenvalue weighted by atomic mass is 16.5. The van der Waals surface area contributed by atoms with Crippen molar-refractivity contribution in [2.45, 2.75) is 111 Å². The monoisotopic (exact) mass is 536 g/mol. The van der Waals surface area contributed by atoms with Crippen LogP contribution < -0.4 is 5.32 Å². The van der Waals surface area contributed by atoms with Crippen molar-refractivity contribution in [2.75, 3.05) is 6.54 Å². The summed E-state index contributed by atoms with van der Waals surface area (Å²) in [6.07, 6.45) is 11.4. The maximum Gasteiger partial charge on any atom is 0.304 e. The Labute approximate surface area is 233 Å². The van der Waals surface area contributed by atoms with E-state index in [0.717, 1.165) is 50.7 Å². The highest BCUT2D eigenvalue weighted by molar-refractivity contribution is 5.95. The van der Waals surface area contributed by atoms with Crippen molar-refractivity contribution < 1.29 is 19.2 Å². The highest BCUT2D eigenvalue weighted by Gasteiger charge is 2.70. The molecule has 0 spiro atoms. The number of carbonyl (C=O) groups excluding carboxylic acids is 1. The molecule has 0 saturated heterocycles. The zero-order valence-electron chi connectivity index (χ0n) is 25.0. The van der Waals surface area contributed by atoms with E-state index >= 15 is 0 Å². The summed E-state index contributed by atoms with van der Waals surface area (Å²) in [5, 5.41) is 17.3. The first kappa shape index (κ1) is 27.2. The first-order valence-corrected chi connectivity index (χ1v) is 15.4. The average molecular weight is 537 g/mol. The summed E-state index contributed by atoms with van der Waals surface area (Å²) in [7, 11) is 0. The Balaban J connectivity index is 1.46. The minimum atomic E-state index is -0.765. The second kappa shape index (κ2) is 8.53. The number of nitrogens with one attached hydrogen (secondary N) is 1. The van der Waals surface area contributed by atoms with Crippen LogP contribution in [0.3, 0.4) is 0 Å². The summed E-state index contributed by atoms with van der Waals surface area (Å²) in [6, 6.07) is 0. The first-order valence-electron chi connectivity index (χ1n) is 15.4. The van der Waals surface area contributed by atoms with Crippen molar-refractivity contribution >= 4 is 11.8 Å². The van der Waals surface area contributed by atoms with Crippen molar-refractivity contribution in [3.8, 4) is 0 Å². The molecule has 6 heteroatoms. The van der Waals surface area contributed by atoms with E-state index in [1.54, 1.807) is 0 Å². The number of hydrogen-bond donors (Lipinski definition) is 2. The third-order valence-electron chi connectivity index (χ3n) is 13.5. The molecule has 1 heterocycles. The second-order valence-electron chi connectivity index (χ2n) is 15.4. The van der Waals surface area contributed by atoms with E-state index in [1.165, 1.54) is 11.1 Å². The fourth-order valence-corrected chi connectivity index (χ4v) is 11.2. The number of nitrogens with zero attached hydrogens (tertiary/aromatic N) is 1. The van der Waals surface area contributed by atoms with Gasteiger partial charge < -0.3 is 14.9 Å². The number of hydrogen-bond acceptors (Lipinski definition) is 5. The van der Waals surface area contributed by atoms with Gasteiger partial charge >= 0.3 is 5.97 Å². The lowest BCUT2D eigenvalue weighted by Crippen LogP contribution is -2.70. The third-order valence-corrected chi connectivity index (χ3v) is 13.5. The number of carboxylic acids is 1. The summed E-state index contributed by atoms with van der Waals surface area (Å²) in [5.41, 5.74) is 1.98. The number of fused-ring (bicyclic) bond motifs is 8. The van der Waals surface area contributed by atoms with E-state index in [0.29, 0.717) is 30.1 Å². The van der Waals surface area contributed by atoms with Crippen LogP contribution in [0.25, 0.3) is 0 Å². The minimum absolute atomic E-state index is 0.0435. The molecule has 1 aromatic heterocycles. The van der Waals surface area contributed by atoms with Crippen LogP contribution in [0.4, 0.5) is 0 Å². The van der Waals surface area contributed by atoms with Crippen molar-refractivity contribution in [3.05, 3.63) is 29.2 Å². The van der Waals surface area contributed by atoms with E-state index in [-0.39, 0.29) is 45.5 Å². The molecule has 0 aliphatic heterocycles. The van der Waals surface area contributed by atoms with Crippen molar-refractivity contribution in [2.24, 2.45) is 45.8 Å². The van der Waals surface area contributed by atoms with Crippen molar-refractivity contribution in [1.82, 2.24) is 10.5 Å². The second-order valence-corrected chi connectivity index (χ2v) is 15.4. The van der Waals surface area contributed by atoms with Crippen LogP contribution in [0.5, 0.6) is 0 Å². The highest BCUT2D eigenvalue weighted by Crippen LogP contribution is 2.73. The molecular weight excluding hydrogens is 488 g/mol. The minimum Gasteiger partial charge on any atom is -0.481 e. The fraction of sp³-hybridized carbons (Fsp3) is 0.788. The number of rotatable bonds is 4. The van der Waals surface area contributed by atoms with E-state index in [2.05, 4.69) is 65.0 Å². The average Bonchev–Trinajstić information content (AvgIpc) is 3.32. The number of aliphatic carboxylic acids is 1. The molecule has 39 heavy (non-hydrogen) atoms. The Morgan fingerprint density at radius 1 is 1.10 bits per heavy atom. The number of aromatic nitrogens is 1. The van der Waals surface area contributed by atoms with E-state index in [4.69, 9.17) is 4.52 Å². The van der Waals surface area contributed by atoms with Gasteiger partial charge in [0, 0.05) is 29.0 Å². The maximum absolute atomic E-state index is 14.6. The van der Waals surface area contributed by atoms with Crippen LogP contribution in [0.2, 0.25) is 0 Å². The van der Waals surface area contributed by atoms with Crippen LogP contribution in [0, 0.1) is 45.8 Å². The lowest BCUT2D eigenvalue weighted by atomic mass is 9.34. The maximum atomic E-state index is 14.6. The van der Waals surface area contributed by atoms with Crippen molar-refractivity contribution in [1.29, 1.82) is 0 Å². The van der Waals surface area contributed by atoms with Gasteiger partial charge in [0.15, 0.2) is 5.78 Å². The summed E-state index contributed by atoms with van der Waals surface area (Å²) in [4.78, 5) is 26.0. The van der Waals surface area contributed by atoms with Crippen LogP contribution in [-0.2, 0) is 21.4 Å². The van der Waals surface area contributed by atoms with Gasteiger partial charge in [-0.1, -0.05) is 59.2 Å². The summed E-state index contributed by atoms with van der Waals surface area (Å²) in [5.74, 6) is 2.11. The van der Waals surface area contributed by atoms with Gasteiger partial charge in [-0.05, 0) is 90.9 Å². The zero-order chi connectivity index (χ0) is 28.2. The molecule has 1 aromatic rings. The van der Waals surface area contributed by atoms with Gasteiger partial charge in [-0.2, -0.15) is 0 Å². The smallest absolute Gasteiger partial charge is 0.304 e. The van der Waals surface area contributed by atoms with Gasteiger partial charge in [-0.25, -0.2) is 0 Å². The quantitative estimate of drug-likeness (QED) is 0.466. The zero-order valence-corrected chi connectivity index (χ0v) is 25.0. The SMILES string of the molecule is C[C@@H]1[C@H]2[C@H]3C(=O)C=C4[C@@]5(C)Cc6cnoc6C(C)(C)[C@@H]5CC[C@@]4(C)[C@]3(C)CC[C@@]2(NCCC(=O)O)CC[C@H]1C. The predicted octanol–water partition coefficient (Wildman–Crippen LogP) is 6.34. The fourth-order valence-electron chi connectivity index (χ4n) is 11.2. The summed E-state index contributed by atoms with van der Waals surface area (Å²) in [6.45, 7) is 17.1. The molecule has 0 radical (unpaired) electrons. The summed E-state index contributed by atoms with van der Waals surface area (Å²) >= 11 is 0. The molecule has 5 aliphatic carbocycles. The normalized spacial score (nSPS) is 46.2. The number of carbonyl (C=O) groups is 2. The molecule has 0 amide bonds. The number of allylic oxidation sites excluding steroid dienone is 2. The topological polar surface area (TPSA) is 92.4 Å². The molecule has 6 nitrogen and oxygen atoms in total.